The summed E-state index contributed by atoms with van der Waals surface area (Å²) < 4.78 is 4.93. The van der Waals surface area contributed by atoms with E-state index in [1.165, 1.54) is 0 Å². The number of methoxy groups -OCH3 is 1. The SMILES string of the molecule is COCCNCC(=O)N(C)C1CCN(C)C(C)C1. The van der Waals surface area contributed by atoms with Gasteiger partial charge in [-0.05, 0) is 26.8 Å². The predicted molar refractivity (Wildman–Crippen MR) is 72.6 cm³/mol. The Morgan fingerprint density at radius 3 is 2.89 bits per heavy atom. The van der Waals surface area contributed by atoms with Gasteiger partial charge in [0.25, 0.3) is 0 Å². The Labute approximate surface area is 110 Å². The van der Waals surface area contributed by atoms with E-state index in [1.807, 2.05) is 11.9 Å². The van der Waals surface area contributed by atoms with E-state index in [0.29, 0.717) is 25.2 Å². The minimum Gasteiger partial charge on any atom is -0.383 e. The molecule has 106 valence electrons. The predicted octanol–water partition coefficient (Wildman–Crippen LogP) is 0.164. The minimum atomic E-state index is 0.174. The Kier molecular flexibility index (Phi) is 6.60. The lowest BCUT2D eigenvalue weighted by atomic mass is 9.98. The Morgan fingerprint density at radius 2 is 2.28 bits per heavy atom. The molecule has 0 aromatic heterocycles. The number of piperidine rings is 1. The molecule has 2 unspecified atom stereocenters. The second-order valence-corrected chi connectivity index (χ2v) is 5.18. The van der Waals surface area contributed by atoms with Gasteiger partial charge in [0.1, 0.15) is 0 Å². The number of hydrogen-bond donors (Lipinski definition) is 1. The number of carbonyl (C=O) groups is 1. The summed E-state index contributed by atoms with van der Waals surface area (Å²) in [5.74, 6) is 0.174. The maximum Gasteiger partial charge on any atom is 0.236 e. The number of amides is 1. The average Bonchev–Trinajstić information content (AvgIpc) is 2.37. The third-order valence-electron chi connectivity index (χ3n) is 3.88. The molecule has 1 rings (SSSR count). The number of likely N-dealkylation sites (N-methyl/N-ethyl adjacent to an activating group) is 1. The van der Waals surface area contributed by atoms with Crippen molar-refractivity contribution in [2.75, 3.05) is 47.4 Å². The number of nitrogens with one attached hydrogen (secondary N) is 1. The molecule has 0 bridgehead atoms. The molecule has 0 saturated carbocycles. The molecular formula is C13H27N3O2. The van der Waals surface area contributed by atoms with Crippen LogP contribution in [0.3, 0.4) is 0 Å². The molecule has 1 amide bonds. The molecule has 1 N–H and O–H groups in total. The largest absolute Gasteiger partial charge is 0.383 e. The fraction of sp³-hybridized carbons (Fsp3) is 0.923. The highest BCUT2D eigenvalue weighted by Crippen LogP contribution is 2.19. The first kappa shape index (κ1) is 15.4. The zero-order valence-electron chi connectivity index (χ0n) is 12.1. The van der Waals surface area contributed by atoms with Gasteiger partial charge in [-0.1, -0.05) is 0 Å². The van der Waals surface area contributed by atoms with Crippen molar-refractivity contribution in [3.05, 3.63) is 0 Å². The van der Waals surface area contributed by atoms with E-state index in [9.17, 15) is 4.79 Å². The smallest absolute Gasteiger partial charge is 0.236 e. The Morgan fingerprint density at radius 1 is 1.56 bits per heavy atom. The molecule has 2 atom stereocenters. The van der Waals surface area contributed by atoms with Crippen LogP contribution in [0.15, 0.2) is 0 Å². The summed E-state index contributed by atoms with van der Waals surface area (Å²) in [4.78, 5) is 16.3. The molecule has 5 nitrogen and oxygen atoms in total. The number of rotatable bonds is 6. The normalized spacial score (nSPS) is 25.1. The van der Waals surface area contributed by atoms with Crippen molar-refractivity contribution in [2.45, 2.75) is 31.8 Å². The molecule has 1 aliphatic rings. The Bertz CT molecular complexity index is 261. The van der Waals surface area contributed by atoms with Gasteiger partial charge in [-0.25, -0.2) is 0 Å². The van der Waals surface area contributed by atoms with Crippen LogP contribution in [-0.4, -0.2) is 75.2 Å². The van der Waals surface area contributed by atoms with Crippen molar-refractivity contribution in [2.24, 2.45) is 0 Å². The highest BCUT2D eigenvalue weighted by atomic mass is 16.5. The van der Waals surface area contributed by atoms with Crippen molar-refractivity contribution >= 4 is 5.91 Å². The molecule has 0 aliphatic carbocycles. The third kappa shape index (κ3) is 4.55. The van der Waals surface area contributed by atoms with Crippen molar-refractivity contribution in [3.8, 4) is 0 Å². The molecule has 5 heteroatoms. The van der Waals surface area contributed by atoms with Crippen LogP contribution in [0.25, 0.3) is 0 Å². The van der Waals surface area contributed by atoms with Gasteiger partial charge in [0.15, 0.2) is 0 Å². The monoisotopic (exact) mass is 257 g/mol. The van der Waals surface area contributed by atoms with Gasteiger partial charge in [-0.3, -0.25) is 4.79 Å². The lowest BCUT2D eigenvalue weighted by Gasteiger charge is -2.39. The van der Waals surface area contributed by atoms with Gasteiger partial charge in [0.2, 0.25) is 5.91 Å². The summed E-state index contributed by atoms with van der Waals surface area (Å²) in [7, 11) is 5.73. The van der Waals surface area contributed by atoms with Crippen LogP contribution >= 0.6 is 0 Å². The summed E-state index contributed by atoms with van der Waals surface area (Å²) in [5.41, 5.74) is 0. The topological polar surface area (TPSA) is 44.8 Å². The van der Waals surface area contributed by atoms with Crippen LogP contribution in [0.5, 0.6) is 0 Å². The van der Waals surface area contributed by atoms with Crippen molar-refractivity contribution in [1.82, 2.24) is 15.1 Å². The summed E-state index contributed by atoms with van der Waals surface area (Å²) in [6.07, 6.45) is 2.14. The summed E-state index contributed by atoms with van der Waals surface area (Å²) in [6.45, 7) is 5.06. The van der Waals surface area contributed by atoms with Crippen LogP contribution in [0.1, 0.15) is 19.8 Å². The number of hydrogen-bond acceptors (Lipinski definition) is 4. The number of likely N-dealkylation sites (tertiary alicyclic amines) is 1. The van der Waals surface area contributed by atoms with Gasteiger partial charge >= 0.3 is 0 Å². The van der Waals surface area contributed by atoms with Crippen LogP contribution in [-0.2, 0) is 9.53 Å². The van der Waals surface area contributed by atoms with Gasteiger partial charge in [0.05, 0.1) is 13.2 Å². The quantitative estimate of drug-likeness (QED) is 0.689. The van der Waals surface area contributed by atoms with Crippen molar-refractivity contribution < 1.29 is 9.53 Å². The van der Waals surface area contributed by atoms with Crippen LogP contribution in [0.2, 0.25) is 0 Å². The third-order valence-corrected chi connectivity index (χ3v) is 3.88. The van der Waals surface area contributed by atoms with Crippen LogP contribution < -0.4 is 5.32 Å². The fourth-order valence-electron chi connectivity index (χ4n) is 2.31. The maximum absolute atomic E-state index is 12.0. The molecule has 1 fully saturated rings. The van der Waals surface area contributed by atoms with Gasteiger partial charge in [0, 0.05) is 39.3 Å². The fourth-order valence-corrected chi connectivity index (χ4v) is 2.31. The van der Waals surface area contributed by atoms with E-state index in [1.54, 1.807) is 7.11 Å². The van der Waals surface area contributed by atoms with Gasteiger partial charge < -0.3 is 19.9 Å². The van der Waals surface area contributed by atoms with Crippen LogP contribution in [0, 0.1) is 0 Å². The first-order chi connectivity index (χ1) is 8.56. The van der Waals surface area contributed by atoms with E-state index in [2.05, 4.69) is 24.2 Å². The first-order valence-corrected chi connectivity index (χ1v) is 6.71. The van der Waals surface area contributed by atoms with E-state index >= 15 is 0 Å². The summed E-state index contributed by atoms with van der Waals surface area (Å²) >= 11 is 0. The van der Waals surface area contributed by atoms with E-state index < -0.39 is 0 Å². The number of ether oxygens (including phenoxy) is 1. The number of carbonyl (C=O) groups excluding carboxylic acids is 1. The molecule has 18 heavy (non-hydrogen) atoms. The summed E-state index contributed by atoms with van der Waals surface area (Å²) in [6, 6.07) is 0.938. The standard InChI is InChI=1S/C13H27N3O2/c1-11-9-12(5-7-15(11)2)16(3)13(17)10-14-6-8-18-4/h11-12,14H,5-10H2,1-4H3. The second kappa shape index (κ2) is 7.71. The van der Waals surface area contributed by atoms with Crippen molar-refractivity contribution in [1.29, 1.82) is 0 Å². The molecule has 0 spiro atoms. The molecule has 1 saturated heterocycles. The van der Waals surface area contributed by atoms with E-state index in [-0.39, 0.29) is 5.91 Å². The first-order valence-electron chi connectivity index (χ1n) is 6.71. The Balaban J connectivity index is 2.30. The molecule has 0 aromatic carbocycles. The zero-order valence-corrected chi connectivity index (χ0v) is 12.1. The lowest BCUT2D eigenvalue weighted by Crippen LogP contribution is -2.49. The van der Waals surface area contributed by atoms with Crippen LogP contribution in [0.4, 0.5) is 0 Å². The zero-order chi connectivity index (χ0) is 13.5. The molecule has 1 aliphatic heterocycles. The van der Waals surface area contributed by atoms with Crippen molar-refractivity contribution in [3.63, 3.8) is 0 Å². The number of nitrogens with zero attached hydrogens (tertiary/aromatic N) is 2. The maximum atomic E-state index is 12.0. The van der Waals surface area contributed by atoms with Gasteiger partial charge in [-0.2, -0.15) is 0 Å². The molecule has 0 radical (unpaired) electrons. The molecule has 0 aromatic rings. The second-order valence-electron chi connectivity index (χ2n) is 5.18. The van der Waals surface area contributed by atoms with E-state index in [4.69, 9.17) is 4.74 Å². The van der Waals surface area contributed by atoms with E-state index in [0.717, 1.165) is 25.9 Å². The highest BCUT2D eigenvalue weighted by Gasteiger charge is 2.27. The summed E-state index contributed by atoms with van der Waals surface area (Å²) in [5, 5.41) is 3.10. The van der Waals surface area contributed by atoms with Gasteiger partial charge in [-0.15, -0.1) is 0 Å². The lowest BCUT2D eigenvalue weighted by molar-refractivity contribution is -0.132. The average molecular weight is 257 g/mol. The molecular weight excluding hydrogens is 230 g/mol. The Hall–Kier alpha value is -0.650. The minimum absolute atomic E-state index is 0.174. The highest BCUT2D eigenvalue weighted by molar-refractivity contribution is 5.78. The molecule has 1 heterocycles.